The van der Waals surface area contributed by atoms with Crippen molar-refractivity contribution in [1.82, 2.24) is 20.5 Å². The number of hydrogen-bond donors (Lipinski definition) is 3. The number of fused-ring (bicyclic) bond motifs is 1. The van der Waals surface area contributed by atoms with Crippen molar-refractivity contribution in [2.45, 2.75) is 12.2 Å². The topological polar surface area (TPSA) is 78.0 Å². The lowest BCUT2D eigenvalue weighted by Gasteiger charge is -2.23. The molecule has 0 aromatic carbocycles. The van der Waals surface area contributed by atoms with E-state index in [4.69, 9.17) is 4.99 Å². The van der Waals surface area contributed by atoms with Gasteiger partial charge in [0.25, 0.3) is 0 Å². The van der Waals surface area contributed by atoms with Gasteiger partial charge >= 0.3 is 0 Å². The Bertz CT molecular complexity index is 809. The van der Waals surface area contributed by atoms with E-state index in [2.05, 4.69) is 43.3 Å². The molecule has 23 heavy (non-hydrogen) atoms. The second-order valence-corrected chi connectivity index (χ2v) is 6.21. The maximum Gasteiger partial charge on any atom is 0.136 e. The molecule has 0 aliphatic carbocycles. The Morgan fingerprint density at radius 2 is 2.22 bits per heavy atom. The smallest absolute Gasteiger partial charge is 0.136 e. The van der Waals surface area contributed by atoms with E-state index >= 15 is 0 Å². The maximum atomic E-state index is 5.06. The summed E-state index contributed by atoms with van der Waals surface area (Å²) in [5.41, 5.74) is 2.83. The van der Waals surface area contributed by atoms with Crippen LogP contribution in [0.15, 0.2) is 53.2 Å². The van der Waals surface area contributed by atoms with E-state index in [0.29, 0.717) is 0 Å². The fraction of sp³-hybridized carbons (Fsp3) is 0.188. The molecule has 3 aromatic heterocycles. The molecule has 0 fully saturated rings. The first-order chi connectivity index (χ1) is 11.4. The van der Waals surface area contributed by atoms with Crippen LogP contribution in [-0.4, -0.2) is 34.1 Å². The minimum Gasteiger partial charge on any atom is -0.352 e. The van der Waals surface area contributed by atoms with E-state index in [9.17, 15) is 0 Å². The van der Waals surface area contributed by atoms with Crippen LogP contribution < -0.4 is 10.6 Å². The number of hydrogen-bond acceptors (Lipinski definition) is 6. The van der Waals surface area contributed by atoms with Gasteiger partial charge in [-0.2, -0.15) is 5.10 Å². The maximum absolute atomic E-state index is 5.06. The average molecular weight is 324 g/mol. The molecule has 4 heterocycles. The van der Waals surface area contributed by atoms with Gasteiger partial charge in [-0.05, 0) is 30.6 Å². The first kappa shape index (κ1) is 14.1. The van der Waals surface area contributed by atoms with Gasteiger partial charge in [-0.3, -0.25) is 15.4 Å². The quantitative estimate of drug-likeness (QED) is 0.691. The molecule has 2 atom stereocenters. The van der Waals surface area contributed by atoms with Crippen LogP contribution in [0.5, 0.6) is 0 Å². The predicted octanol–water partition coefficient (Wildman–Crippen LogP) is 2.42. The lowest BCUT2D eigenvalue weighted by molar-refractivity contribution is 0.529. The molecule has 116 valence electrons. The first-order valence-electron chi connectivity index (χ1n) is 7.36. The number of aromatic nitrogens is 3. The summed E-state index contributed by atoms with van der Waals surface area (Å²) in [6, 6.07) is 8.08. The number of anilines is 1. The summed E-state index contributed by atoms with van der Waals surface area (Å²) in [5, 5.41) is 15.8. The zero-order chi connectivity index (χ0) is 15.6. The summed E-state index contributed by atoms with van der Waals surface area (Å²) < 4.78 is 0. The van der Waals surface area contributed by atoms with Gasteiger partial charge in [-0.1, -0.05) is 6.07 Å². The zero-order valence-corrected chi connectivity index (χ0v) is 13.3. The molecule has 0 saturated heterocycles. The van der Waals surface area contributed by atoms with Crippen molar-refractivity contribution in [3.05, 3.63) is 64.2 Å². The van der Waals surface area contributed by atoms with Gasteiger partial charge in [0.05, 0.1) is 11.9 Å². The lowest BCUT2D eigenvalue weighted by Crippen LogP contribution is -2.38. The molecular formula is C16H16N6S. The van der Waals surface area contributed by atoms with E-state index in [0.717, 1.165) is 22.7 Å². The zero-order valence-electron chi connectivity index (χ0n) is 12.5. The fourth-order valence-corrected chi connectivity index (χ4v) is 3.55. The highest BCUT2D eigenvalue weighted by Gasteiger charge is 2.29. The Kier molecular flexibility index (Phi) is 3.64. The third kappa shape index (κ3) is 2.54. The molecule has 7 heteroatoms. The van der Waals surface area contributed by atoms with E-state index in [1.807, 2.05) is 25.4 Å². The highest BCUT2D eigenvalue weighted by Crippen LogP contribution is 2.32. The highest BCUT2D eigenvalue weighted by atomic mass is 32.1. The van der Waals surface area contributed by atoms with Gasteiger partial charge in [-0.25, -0.2) is 4.98 Å². The number of aromatic amines is 1. The molecule has 0 amide bonds. The highest BCUT2D eigenvalue weighted by molar-refractivity contribution is 7.10. The minimum atomic E-state index is -0.0425. The van der Waals surface area contributed by atoms with Crippen molar-refractivity contribution in [2.75, 3.05) is 12.4 Å². The number of H-pyrrole nitrogens is 1. The summed E-state index contributed by atoms with van der Waals surface area (Å²) in [5.74, 6) is 0.825. The molecule has 3 N–H and O–H groups in total. The van der Waals surface area contributed by atoms with Crippen LogP contribution in [-0.2, 0) is 0 Å². The van der Waals surface area contributed by atoms with Crippen LogP contribution in [0.1, 0.15) is 22.0 Å². The molecule has 0 spiro atoms. The van der Waals surface area contributed by atoms with Crippen molar-refractivity contribution in [3.63, 3.8) is 0 Å². The van der Waals surface area contributed by atoms with E-state index in [1.54, 1.807) is 23.7 Å². The second-order valence-electron chi connectivity index (χ2n) is 5.24. The first-order valence-corrected chi connectivity index (χ1v) is 8.24. The van der Waals surface area contributed by atoms with Crippen molar-refractivity contribution in [2.24, 2.45) is 4.99 Å². The van der Waals surface area contributed by atoms with Gasteiger partial charge in [0.2, 0.25) is 0 Å². The SMILES string of the molecule is CNC1Nc2ncccc2C(c2cn[nH]c2)=NC1c1cccs1. The summed E-state index contributed by atoms with van der Waals surface area (Å²) in [6.07, 6.45) is 5.41. The Hall–Kier alpha value is -2.51. The molecule has 3 aromatic rings. The summed E-state index contributed by atoms with van der Waals surface area (Å²) in [7, 11) is 1.93. The molecule has 0 saturated carbocycles. The van der Waals surface area contributed by atoms with Crippen LogP contribution in [0.3, 0.4) is 0 Å². The standard InChI is InChI=1S/C16H16N6S/c1-17-16-14(12-5-3-7-23-12)21-13(10-8-19-20-9-10)11-4-2-6-18-15(11)22-16/h2-9,14,16-17H,1H3,(H,18,22)(H,19,20). The normalized spacial score (nSPS) is 20.3. The van der Waals surface area contributed by atoms with Crippen LogP contribution in [0.25, 0.3) is 0 Å². The summed E-state index contributed by atoms with van der Waals surface area (Å²) >= 11 is 1.70. The van der Waals surface area contributed by atoms with Crippen LogP contribution in [0.2, 0.25) is 0 Å². The van der Waals surface area contributed by atoms with Gasteiger partial charge in [0.15, 0.2) is 0 Å². The van der Waals surface area contributed by atoms with Crippen LogP contribution in [0, 0.1) is 0 Å². The van der Waals surface area contributed by atoms with Crippen molar-refractivity contribution in [3.8, 4) is 0 Å². The molecule has 0 bridgehead atoms. The van der Waals surface area contributed by atoms with Gasteiger partial charge in [0, 0.05) is 28.4 Å². The Balaban J connectivity index is 1.91. The molecule has 1 aliphatic heterocycles. The molecule has 6 nitrogen and oxygen atoms in total. The molecule has 2 unspecified atom stereocenters. The Morgan fingerprint density at radius 1 is 1.26 bits per heavy atom. The molecule has 0 radical (unpaired) electrons. The van der Waals surface area contributed by atoms with Crippen molar-refractivity contribution >= 4 is 22.9 Å². The van der Waals surface area contributed by atoms with E-state index < -0.39 is 0 Å². The van der Waals surface area contributed by atoms with Crippen LogP contribution >= 0.6 is 11.3 Å². The number of pyridine rings is 1. The average Bonchev–Trinajstić information content (AvgIpc) is 3.26. The van der Waals surface area contributed by atoms with Gasteiger partial charge in [0.1, 0.15) is 18.0 Å². The number of aliphatic imine (C=N–C) groups is 1. The fourth-order valence-electron chi connectivity index (χ4n) is 2.75. The van der Waals surface area contributed by atoms with Gasteiger partial charge in [-0.15, -0.1) is 11.3 Å². The number of nitrogens with zero attached hydrogens (tertiary/aromatic N) is 3. The van der Waals surface area contributed by atoms with Crippen LogP contribution in [0.4, 0.5) is 5.82 Å². The number of rotatable bonds is 3. The monoisotopic (exact) mass is 324 g/mol. The Labute approximate surface area is 137 Å². The number of likely N-dealkylation sites (N-methyl/N-ethyl adjacent to an activating group) is 1. The summed E-state index contributed by atoms with van der Waals surface area (Å²) in [6.45, 7) is 0. The minimum absolute atomic E-state index is 0.0355. The van der Waals surface area contributed by atoms with E-state index in [1.165, 1.54) is 4.88 Å². The Morgan fingerprint density at radius 3 is 2.96 bits per heavy atom. The van der Waals surface area contributed by atoms with E-state index in [-0.39, 0.29) is 12.2 Å². The second kappa shape index (κ2) is 5.94. The largest absolute Gasteiger partial charge is 0.352 e. The number of thiophene rings is 1. The third-order valence-corrected chi connectivity index (χ3v) is 4.80. The third-order valence-electron chi connectivity index (χ3n) is 3.86. The summed E-state index contributed by atoms with van der Waals surface area (Å²) in [4.78, 5) is 10.8. The molecule has 4 rings (SSSR count). The van der Waals surface area contributed by atoms with Crippen molar-refractivity contribution in [1.29, 1.82) is 0 Å². The number of nitrogens with one attached hydrogen (secondary N) is 3. The van der Waals surface area contributed by atoms with Gasteiger partial charge < -0.3 is 5.32 Å². The molecular weight excluding hydrogens is 308 g/mol. The lowest BCUT2D eigenvalue weighted by atomic mass is 10.1. The van der Waals surface area contributed by atoms with Crippen molar-refractivity contribution < 1.29 is 0 Å². The molecule has 1 aliphatic rings. The predicted molar refractivity (Wildman–Crippen MR) is 92.0 cm³/mol.